The molecule has 4 rings (SSSR count). The van der Waals surface area contributed by atoms with Crippen molar-refractivity contribution in [1.29, 1.82) is 0 Å². The van der Waals surface area contributed by atoms with Gasteiger partial charge < -0.3 is 15.0 Å². The van der Waals surface area contributed by atoms with Gasteiger partial charge in [0, 0.05) is 27.5 Å². The monoisotopic (exact) mass is 691 g/mol. The van der Waals surface area contributed by atoms with E-state index in [0.29, 0.717) is 34.4 Å². The van der Waals surface area contributed by atoms with Crippen LogP contribution in [0, 0.1) is 0 Å². The molecule has 12 heteroatoms. The Labute approximate surface area is 280 Å². The summed E-state index contributed by atoms with van der Waals surface area (Å²) in [6, 6.07) is 17.3. The second kappa shape index (κ2) is 16.1. The van der Waals surface area contributed by atoms with E-state index < -0.39 is 28.5 Å². The van der Waals surface area contributed by atoms with Gasteiger partial charge in [0.15, 0.2) is 0 Å². The average Bonchev–Trinajstić information content (AvgIpc) is 3.54. The second-order valence-corrected chi connectivity index (χ2v) is 14.3. The van der Waals surface area contributed by atoms with Gasteiger partial charge in [-0.2, -0.15) is 0 Å². The molecule has 1 aliphatic carbocycles. The van der Waals surface area contributed by atoms with E-state index in [1.807, 2.05) is 13.2 Å². The molecule has 8 nitrogen and oxygen atoms in total. The Morgan fingerprint density at radius 1 is 1.02 bits per heavy atom. The minimum atomic E-state index is -4.25. The Morgan fingerprint density at radius 2 is 1.71 bits per heavy atom. The van der Waals surface area contributed by atoms with Crippen molar-refractivity contribution in [3.05, 3.63) is 82.3 Å². The second-order valence-electron chi connectivity index (χ2n) is 10.8. The SMILES string of the molecule is CCOc1ccccc1N(CC(=O)N(Cc1ccc(Cl)cc1Cl)C(CC)C(=O)NC1CCCC1)S(=O)(=O)c1ccc(SC)cc1. The number of thioether (sulfide) groups is 1. The smallest absolute Gasteiger partial charge is 0.264 e. The van der Waals surface area contributed by atoms with E-state index >= 15 is 0 Å². The number of rotatable bonds is 14. The molecule has 0 aromatic heterocycles. The lowest BCUT2D eigenvalue weighted by molar-refractivity contribution is -0.140. The predicted molar refractivity (Wildman–Crippen MR) is 182 cm³/mol. The fraction of sp³-hybridized carbons (Fsp3) is 0.394. The summed E-state index contributed by atoms with van der Waals surface area (Å²) in [4.78, 5) is 30.4. The number of nitrogens with one attached hydrogen (secondary N) is 1. The zero-order valence-electron chi connectivity index (χ0n) is 25.7. The molecule has 1 atom stereocenters. The van der Waals surface area contributed by atoms with Gasteiger partial charge in [0.1, 0.15) is 18.3 Å². The van der Waals surface area contributed by atoms with Gasteiger partial charge in [-0.3, -0.25) is 13.9 Å². The molecule has 0 aliphatic heterocycles. The Hall–Kier alpha value is -2.92. The molecule has 0 spiro atoms. The van der Waals surface area contributed by atoms with Crippen LogP contribution in [-0.4, -0.2) is 56.6 Å². The maximum absolute atomic E-state index is 14.4. The van der Waals surface area contributed by atoms with Gasteiger partial charge in [-0.1, -0.05) is 61.2 Å². The third-order valence-corrected chi connectivity index (χ3v) is 10.9. The number of carbonyl (C=O) groups is 2. The molecule has 1 fully saturated rings. The van der Waals surface area contributed by atoms with E-state index in [1.165, 1.54) is 28.8 Å². The van der Waals surface area contributed by atoms with Gasteiger partial charge in [0.2, 0.25) is 11.8 Å². The molecule has 0 radical (unpaired) electrons. The van der Waals surface area contributed by atoms with Crippen molar-refractivity contribution in [3.63, 3.8) is 0 Å². The first-order chi connectivity index (χ1) is 21.6. The molecule has 1 aliphatic rings. The maximum atomic E-state index is 14.4. The molecule has 45 heavy (non-hydrogen) atoms. The van der Waals surface area contributed by atoms with Crippen LogP contribution in [-0.2, 0) is 26.2 Å². The number of carbonyl (C=O) groups excluding carboxylic acids is 2. The first kappa shape index (κ1) is 34.9. The van der Waals surface area contributed by atoms with Crippen molar-refractivity contribution < 1.29 is 22.7 Å². The van der Waals surface area contributed by atoms with Gasteiger partial charge in [-0.25, -0.2) is 8.42 Å². The Kier molecular flexibility index (Phi) is 12.5. The first-order valence-corrected chi connectivity index (χ1v) is 18.4. The van der Waals surface area contributed by atoms with Crippen molar-refractivity contribution in [2.75, 3.05) is 23.7 Å². The highest BCUT2D eigenvalue weighted by atomic mass is 35.5. The number of nitrogens with zero attached hydrogens (tertiary/aromatic N) is 2. The van der Waals surface area contributed by atoms with Crippen LogP contribution in [0.2, 0.25) is 10.0 Å². The molecule has 0 saturated heterocycles. The summed E-state index contributed by atoms with van der Waals surface area (Å²) in [5.41, 5.74) is 0.799. The highest BCUT2D eigenvalue weighted by Gasteiger charge is 2.35. The van der Waals surface area contributed by atoms with Gasteiger partial charge in [0.05, 0.1) is 17.2 Å². The number of hydrogen-bond donors (Lipinski definition) is 1. The molecule has 3 aromatic rings. The number of ether oxygens (including phenoxy) is 1. The Bertz CT molecular complexity index is 1580. The lowest BCUT2D eigenvalue weighted by Gasteiger charge is -2.34. The van der Waals surface area contributed by atoms with Crippen LogP contribution in [0.15, 0.2) is 76.5 Å². The normalized spacial score (nSPS) is 14.2. The van der Waals surface area contributed by atoms with Crippen LogP contribution in [0.4, 0.5) is 5.69 Å². The quantitative estimate of drug-likeness (QED) is 0.180. The maximum Gasteiger partial charge on any atom is 0.264 e. The third kappa shape index (κ3) is 8.67. The zero-order chi connectivity index (χ0) is 32.6. The largest absolute Gasteiger partial charge is 0.492 e. The third-order valence-electron chi connectivity index (χ3n) is 7.80. The highest BCUT2D eigenvalue weighted by molar-refractivity contribution is 7.98. The van der Waals surface area contributed by atoms with Crippen molar-refractivity contribution in [3.8, 4) is 5.75 Å². The van der Waals surface area contributed by atoms with Gasteiger partial charge in [-0.15, -0.1) is 11.8 Å². The molecule has 1 saturated carbocycles. The molecule has 1 unspecified atom stereocenters. The van der Waals surface area contributed by atoms with Crippen molar-refractivity contribution in [1.82, 2.24) is 10.2 Å². The summed E-state index contributed by atoms with van der Waals surface area (Å²) in [7, 11) is -4.25. The van der Waals surface area contributed by atoms with E-state index in [2.05, 4.69) is 5.32 Å². The van der Waals surface area contributed by atoms with Gasteiger partial charge in [-0.05, 0) is 86.5 Å². The van der Waals surface area contributed by atoms with E-state index in [-0.39, 0.29) is 29.1 Å². The van der Waals surface area contributed by atoms with E-state index in [9.17, 15) is 18.0 Å². The topological polar surface area (TPSA) is 96.0 Å². The number of para-hydroxylation sites is 2. The highest BCUT2D eigenvalue weighted by Crippen LogP contribution is 2.34. The lowest BCUT2D eigenvalue weighted by atomic mass is 10.1. The summed E-state index contributed by atoms with van der Waals surface area (Å²) in [6.45, 7) is 3.33. The number of anilines is 1. The van der Waals surface area contributed by atoms with E-state index in [1.54, 1.807) is 61.5 Å². The summed E-state index contributed by atoms with van der Waals surface area (Å²) < 4.78 is 35.4. The van der Waals surface area contributed by atoms with Crippen LogP contribution in [0.5, 0.6) is 5.75 Å². The number of sulfonamides is 1. The number of halogens is 2. The fourth-order valence-corrected chi connectivity index (χ4v) is 7.75. The Morgan fingerprint density at radius 3 is 2.33 bits per heavy atom. The molecule has 3 aromatic carbocycles. The molecular formula is C33H39Cl2N3O5S2. The molecule has 1 N–H and O–H groups in total. The summed E-state index contributed by atoms with van der Waals surface area (Å²) >= 11 is 14.2. The summed E-state index contributed by atoms with van der Waals surface area (Å²) in [5.74, 6) is -0.528. The van der Waals surface area contributed by atoms with Crippen LogP contribution in [0.25, 0.3) is 0 Å². The lowest BCUT2D eigenvalue weighted by Crippen LogP contribution is -2.53. The zero-order valence-corrected chi connectivity index (χ0v) is 28.8. The molecule has 0 heterocycles. The number of benzene rings is 3. The van der Waals surface area contributed by atoms with Crippen LogP contribution in [0.3, 0.4) is 0 Å². The standard InChI is InChI=1S/C33H39Cl2N3O5S2/c1-4-29(33(40)36-25-10-6-7-11-25)37(21-23-14-15-24(34)20-28(23)35)32(39)22-38(30-12-8-9-13-31(30)43-5-2)45(41,42)27-18-16-26(44-3)17-19-27/h8-9,12-20,25,29H,4-7,10-11,21-22H2,1-3H3,(H,36,40). The van der Waals surface area contributed by atoms with Gasteiger partial charge >= 0.3 is 0 Å². The average molecular weight is 693 g/mol. The minimum absolute atomic E-state index is 0.0190. The van der Waals surface area contributed by atoms with Gasteiger partial charge in [0.25, 0.3) is 10.0 Å². The van der Waals surface area contributed by atoms with Crippen molar-refractivity contribution in [2.24, 2.45) is 0 Å². The van der Waals surface area contributed by atoms with Crippen LogP contribution in [0.1, 0.15) is 51.5 Å². The van der Waals surface area contributed by atoms with E-state index in [0.717, 1.165) is 34.9 Å². The fourth-order valence-electron chi connectivity index (χ4n) is 5.45. The van der Waals surface area contributed by atoms with Crippen LogP contribution < -0.4 is 14.4 Å². The summed E-state index contributed by atoms with van der Waals surface area (Å²) in [6.07, 6.45) is 6.06. The van der Waals surface area contributed by atoms with Crippen molar-refractivity contribution in [2.45, 2.75) is 74.4 Å². The number of amides is 2. The van der Waals surface area contributed by atoms with E-state index in [4.69, 9.17) is 27.9 Å². The molecule has 0 bridgehead atoms. The first-order valence-electron chi connectivity index (χ1n) is 15.0. The molecule has 2 amide bonds. The van der Waals surface area contributed by atoms with Crippen molar-refractivity contribution >= 4 is 62.5 Å². The predicted octanol–water partition coefficient (Wildman–Crippen LogP) is 7.18. The minimum Gasteiger partial charge on any atom is -0.492 e. The molecule has 242 valence electrons. The number of hydrogen-bond acceptors (Lipinski definition) is 6. The Balaban J connectivity index is 1.77. The van der Waals surface area contributed by atoms with Crippen LogP contribution >= 0.6 is 35.0 Å². The molecular weight excluding hydrogens is 653 g/mol. The summed E-state index contributed by atoms with van der Waals surface area (Å²) in [5, 5.41) is 3.89.